The third-order valence-corrected chi connectivity index (χ3v) is 4.92. The summed E-state index contributed by atoms with van der Waals surface area (Å²) in [4.78, 5) is 8.65. The van der Waals surface area contributed by atoms with Crippen molar-refractivity contribution in [3.05, 3.63) is 29.3 Å². The molecule has 1 aliphatic rings. The van der Waals surface area contributed by atoms with Crippen LogP contribution < -0.4 is 15.5 Å². The van der Waals surface area contributed by atoms with Gasteiger partial charge in [0.25, 0.3) is 6.43 Å². The number of hydrogen-bond donors (Lipinski definition) is 2. The fourth-order valence-electron chi connectivity index (χ4n) is 3.27. The lowest BCUT2D eigenvalue weighted by atomic mass is 10.1. The topological polar surface area (TPSA) is 42.9 Å². The van der Waals surface area contributed by atoms with Crippen molar-refractivity contribution >= 4 is 35.6 Å². The molecule has 160 valence electrons. The van der Waals surface area contributed by atoms with Gasteiger partial charge in [-0.1, -0.05) is 6.07 Å². The van der Waals surface area contributed by atoms with Gasteiger partial charge in [-0.25, -0.2) is 13.8 Å². The standard InChI is InChI=1S/C20H33F2N5.HI/c1-5-23-20(25-17-8-10-27(11-9-17)14-19(21)22)24-13-16-6-7-18(26(3)4)12-15(16)2;/h6-7,12,17,19H,5,8-11,13-14H2,1-4H3,(H2,23,24,25);1H. The Hall–Kier alpha value is -1.16. The van der Waals surface area contributed by atoms with Gasteiger partial charge < -0.3 is 15.5 Å². The van der Waals surface area contributed by atoms with Crippen LogP contribution in [-0.4, -0.2) is 63.6 Å². The first kappa shape index (κ1) is 24.9. The number of guanidine groups is 1. The molecular formula is C20H34F2IN5. The lowest BCUT2D eigenvalue weighted by Crippen LogP contribution is -2.49. The van der Waals surface area contributed by atoms with Crippen LogP contribution in [0, 0.1) is 6.92 Å². The number of hydrogen-bond acceptors (Lipinski definition) is 3. The fraction of sp³-hybridized carbons (Fsp3) is 0.650. The Bertz CT molecular complexity index is 617. The van der Waals surface area contributed by atoms with E-state index in [4.69, 9.17) is 4.99 Å². The van der Waals surface area contributed by atoms with Gasteiger partial charge in [-0.2, -0.15) is 0 Å². The van der Waals surface area contributed by atoms with Gasteiger partial charge in [-0.05, 0) is 49.9 Å². The van der Waals surface area contributed by atoms with Crippen LogP contribution in [0.2, 0.25) is 0 Å². The van der Waals surface area contributed by atoms with Crippen molar-refractivity contribution in [3.8, 4) is 0 Å². The van der Waals surface area contributed by atoms with Crippen molar-refractivity contribution in [2.45, 2.75) is 45.7 Å². The first-order valence-corrected chi connectivity index (χ1v) is 9.71. The van der Waals surface area contributed by atoms with Crippen LogP contribution in [0.3, 0.4) is 0 Å². The summed E-state index contributed by atoms with van der Waals surface area (Å²) in [6.45, 7) is 6.83. The predicted octanol–water partition coefficient (Wildman–Crippen LogP) is 3.46. The smallest absolute Gasteiger partial charge is 0.251 e. The predicted molar refractivity (Wildman–Crippen MR) is 124 cm³/mol. The van der Waals surface area contributed by atoms with Crippen LogP contribution in [-0.2, 0) is 6.54 Å². The van der Waals surface area contributed by atoms with Crippen molar-refractivity contribution in [2.24, 2.45) is 4.99 Å². The molecule has 0 saturated carbocycles. The highest BCUT2D eigenvalue weighted by molar-refractivity contribution is 14.0. The zero-order valence-corrected chi connectivity index (χ0v) is 19.7. The molecule has 0 radical (unpaired) electrons. The molecule has 1 saturated heterocycles. The molecule has 2 rings (SSSR count). The van der Waals surface area contributed by atoms with Crippen LogP contribution in [0.5, 0.6) is 0 Å². The van der Waals surface area contributed by atoms with Gasteiger partial charge in [-0.15, -0.1) is 24.0 Å². The second kappa shape index (κ2) is 12.4. The number of benzene rings is 1. The Morgan fingerprint density at radius 1 is 1.29 bits per heavy atom. The van der Waals surface area contributed by atoms with E-state index >= 15 is 0 Å². The average molecular weight is 509 g/mol. The van der Waals surface area contributed by atoms with E-state index in [9.17, 15) is 8.78 Å². The SMILES string of the molecule is CCNC(=NCc1ccc(N(C)C)cc1C)NC1CCN(CC(F)F)CC1.I. The molecule has 28 heavy (non-hydrogen) atoms. The number of anilines is 1. The number of likely N-dealkylation sites (tertiary alicyclic amines) is 1. The van der Waals surface area contributed by atoms with Gasteiger partial charge in [0.15, 0.2) is 5.96 Å². The Morgan fingerprint density at radius 3 is 2.50 bits per heavy atom. The Kier molecular flexibility index (Phi) is 11.0. The third kappa shape index (κ3) is 8.06. The van der Waals surface area contributed by atoms with Crippen LogP contribution in [0.15, 0.2) is 23.2 Å². The minimum atomic E-state index is -2.25. The van der Waals surface area contributed by atoms with E-state index in [1.165, 1.54) is 16.8 Å². The maximum Gasteiger partial charge on any atom is 0.251 e. The number of piperidine rings is 1. The lowest BCUT2D eigenvalue weighted by Gasteiger charge is -2.32. The molecule has 0 aliphatic carbocycles. The number of halogens is 3. The van der Waals surface area contributed by atoms with Crippen molar-refractivity contribution in [1.29, 1.82) is 0 Å². The number of rotatable bonds is 7. The van der Waals surface area contributed by atoms with E-state index in [1.54, 1.807) is 0 Å². The molecule has 0 bridgehead atoms. The molecule has 2 N–H and O–H groups in total. The van der Waals surface area contributed by atoms with E-state index in [-0.39, 0.29) is 36.6 Å². The summed E-state index contributed by atoms with van der Waals surface area (Å²) in [6.07, 6.45) is -0.544. The first-order valence-electron chi connectivity index (χ1n) is 9.71. The van der Waals surface area contributed by atoms with Crippen LogP contribution >= 0.6 is 24.0 Å². The maximum atomic E-state index is 12.5. The molecule has 0 aromatic heterocycles. The molecule has 1 aliphatic heterocycles. The zero-order valence-electron chi connectivity index (χ0n) is 17.3. The van der Waals surface area contributed by atoms with Crippen molar-refractivity contribution in [3.63, 3.8) is 0 Å². The molecule has 0 unspecified atom stereocenters. The van der Waals surface area contributed by atoms with E-state index in [2.05, 4.69) is 40.7 Å². The fourth-order valence-corrected chi connectivity index (χ4v) is 3.27. The summed E-state index contributed by atoms with van der Waals surface area (Å²) in [5, 5.41) is 6.76. The number of nitrogens with zero attached hydrogens (tertiary/aromatic N) is 3. The number of alkyl halides is 2. The van der Waals surface area contributed by atoms with Gasteiger partial charge >= 0.3 is 0 Å². The summed E-state index contributed by atoms with van der Waals surface area (Å²) in [7, 11) is 4.07. The molecule has 1 heterocycles. The van der Waals surface area contributed by atoms with E-state index in [0.717, 1.165) is 25.3 Å². The molecule has 1 aromatic rings. The summed E-state index contributed by atoms with van der Waals surface area (Å²) in [5.74, 6) is 0.792. The van der Waals surface area contributed by atoms with Gasteiger partial charge in [0.1, 0.15) is 0 Å². The summed E-state index contributed by atoms with van der Waals surface area (Å²) >= 11 is 0. The molecule has 8 heteroatoms. The largest absolute Gasteiger partial charge is 0.378 e. The highest BCUT2D eigenvalue weighted by Crippen LogP contribution is 2.18. The molecule has 0 spiro atoms. The monoisotopic (exact) mass is 509 g/mol. The Balaban J connectivity index is 0.00000392. The van der Waals surface area contributed by atoms with Gasteiger partial charge in [0.2, 0.25) is 0 Å². The lowest BCUT2D eigenvalue weighted by molar-refractivity contribution is 0.0744. The highest BCUT2D eigenvalue weighted by atomic mass is 127. The molecule has 1 aromatic carbocycles. The molecule has 0 amide bonds. The summed E-state index contributed by atoms with van der Waals surface area (Å²) in [5.41, 5.74) is 3.60. The highest BCUT2D eigenvalue weighted by Gasteiger charge is 2.21. The minimum absolute atomic E-state index is 0. The molecule has 0 atom stereocenters. The van der Waals surface area contributed by atoms with Crippen LogP contribution in [0.4, 0.5) is 14.5 Å². The van der Waals surface area contributed by atoms with Gasteiger partial charge in [0, 0.05) is 45.5 Å². The zero-order chi connectivity index (χ0) is 19.8. The molecule has 5 nitrogen and oxygen atoms in total. The second-order valence-corrected chi connectivity index (χ2v) is 7.31. The van der Waals surface area contributed by atoms with Gasteiger partial charge in [-0.3, -0.25) is 4.90 Å². The van der Waals surface area contributed by atoms with Gasteiger partial charge in [0.05, 0.1) is 13.1 Å². The molecule has 1 fully saturated rings. The molecular weight excluding hydrogens is 475 g/mol. The van der Waals surface area contributed by atoms with E-state index in [0.29, 0.717) is 19.6 Å². The Labute approximate surface area is 185 Å². The minimum Gasteiger partial charge on any atom is -0.378 e. The first-order chi connectivity index (χ1) is 12.9. The second-order valence-electron chi connectivity index (χ2n) is 7.31. The van der Waals surface area contributed by atoms with Crippen LogP contribution in [0.1, 0.15) is 30.9 Å². The van der Waals surface area contributed by atoms with Crippen molar-refractivity contribution in [2.75, 3.05) is 45.2 Å². The average Bonchev–Trinajstić information content (AvgIpc) is 2.61. The maximum absolute atomic E-state index is 12.5. The quantitative estimate of drug-likeness (QED) is 0.336. The van der Waals surface area contributed by atoms with E-state index < -0.39 is 6.43 Å². The number of aliphatic imine (C=N–C) groups is 1. The number of nitrogens with one attached hydrogen (secondary N) is 2. The Morgan fingerprint density at radius 2 is 1.96 bits per heavy atom. The van der Waals surface area contributed by atoms with Crippen molar-refractivity contribution < 1.29 is 8.78 Å². The summed E-state index contributed by atoms with van der Waals surface area (Å²) in [6, 6.07) is 6.68. The normalized spacial score (nSPS) is 16.0. The van der Waals surface area contributed by atoms with Crippen molar-refractivity contribution in [1.82, 2.24) is 15.5 Å². The third-order valence-electron chi connectivity index (χ3n) is 4.92. The number of aryl methyl sites for hydroxylation is 1. The van der Waals surface area contributed by atoms with Crippen LogP contribution in [0.25, 0.3) is 0 Å². The van der Waals surface area contributed by atoms with E-state index in [1.807, 2.05) is 25.9 Å². The summed E-state index contributed by atoms with van der Waals surface area (Å²) < 4.78 is 25.0.